The largest absolute Gasteiger partial charge is 0.380 e. The van der Waals surface area contributed by atoms with Crippen LogP contribution in [-0.4, -0.2) is 38.1 Å². The topological polar surface area (TPSA) is 93.5 Å². The third kappa shape index (κ3) is 6.24. The zero-order chi connectivity index (χ0) is 16.4. The lowest BCUT2D eigenvalue weighted by atomic mass is 10.1. The van der Waals surface area contributed by atoms with Crippen molar-refractivity contribution in [3.8, 4) is 0 Å². The highest BCUT2D eigenvalue weighted by Crippen LogP contribution is 2.06. The first-order valence-corrected chi connectivity index (χ1v) is 7.47. The van der Waals surface area contributed by atoms with Gasteiger partial charge < -0.3 is 21.1 Å². The molecule has 0 saturated heterocycles. The van der Waals surface area contributed by atoms with Crippen molar-refractivity contribution in [3.63, 3.8) is 0 Å². The predicted octanol–water partition coefficient (Wildman–Crippen LogP) is 0.806. The fourth-order valence-electron chi connectivity index (χ4n) is 1.91. The lowest BCUT2D eigenvalue weighted by Gasteiger charge is -2.13. The third-order valence-corrected chi connectivity index (χ3v) is 3.22. The first kappa shape index (κ1) is 18.1. The summed E-state index contributed by atoms with van der Waals surface area (Å²) in [6.45, 7) is 3.32. The summed E-state index contributed by atoms with van der Waals surface area (Å²) in [7, 11) is 1.53. The number of hydrogen-bond donors (Lipinski definition) is 3. The van der Waals surface area contributed by atoms with Gasteiger partial charge >= 0.3 is 0 Å². The molecule has 1 atom stereocenters. The van der Waals surface area contributed by atoms with Gasteiger partial charge in [0.15, 0.2) is 0 Å². The highest BCUT2D eigenvalue weighted by Gasteiger charge is 2.11. The van der Waals surface area contributed by atoms with E-state index in [2.05, 4.69) is 10.6 Å². The van der Waals surface area contributed by atoms with Gasteiger partial charge in [0.05, 0.1) is 12.5 Å². The maximum atomic E-state index is 11.9. The molecule has 6 nitrogen and oxygen atoms in total. The Morgan fingerprint density at radius 3 is 2.73 bits per heavy atom. The Balaban J connectivity index is 2.52. The molecule has 0 aliphatic rings. The minimum absolute atomic E-state index is 0.0994. The van der Waals surface area contributed by atoms with Gasteiger partial charge in [-0.25, -0.2) is 0 Å². The Morgan fingerprint density at radius 2 is 2.09 bits per heavy atom. The van der Waals surface area contributed by atoms with Crippen LogP contribution in [0.2, 0.25) is 0 Å². The summed E-state index contributed by atoms with van der Waals surface area (Å²) >= 11 is 0. The molecule has 0 aliphatic heterocycles. The molecule has 1 aromatic rings. The summed E-state index contributed by atoms with van der Waals surface area (Å²) in [5.74, 6) is -0.226. The highest BCUT2D eigenvalue weighted by molar-refractivity contribution is 5.94. The van der Waals surface area contributed by atoms with Crippen LogP contribution in [0, 0.1) is 0 Å². The molecule has 0 aliphatic carbocycles. The number of carbonyl (C=O) groups is 2. The fourth-order valence-corrected chi connectivity index (χ4v) is 1.91. The van der Waals surface area contributed by atoms with Gasteiger partial charge in [0.2, 0.25) is 5.91 Å². The second kappa shape index (κ2) is 9.92. The molecule has 1 unspecified atom stereocenters. The fraction of sp³-hybridized carbons (Fsp3) is 0.500. The molecule has 0 radical (unpaired) electrons. The summed E-state index contributed by atoms with van der Waals surface area (Å²) in [6.07, 6.45) is 0.846. The Bertz CT molecular complexity index is 487. The molecule has 6 heteroatoms. The highest BCUT2D eigenvalue weighted by atomic mass is 16.5. The minimum Gasteiger partial charge on any atom is -0.380 e. The van der Waals surface area contributed by atoms with Crippen molar-refractivity contribution in [3.05, 3.63) is 35.4 Å². The van der Waals surface area contributed by atoms with Gasteiger partial charge in [-0.05, 0) is 24.1 Å². The van der Waals surface area contributed by atoms with Crippen molar-refractivity contribution >= 4 is 11.8 Å². The van der Waals surface area contributed by atoms with Crippen LogP contribution in [0.15, 0.2) is 24.3 Å². The molecule has 0 spiro atoms. The van der Waals surface area contributed by atoms with E-state index in [9.17, 15) is 9.59 Å². The van der Waals surface area contributed by atoms with E-state index >= 15 is 0 Å². The molecular weight excluding hydrogens is 282 g/mol. The molecule has 22 heavy (non-hydrogen) atoms. The van der Waals surface area contributed by atoms with Crippen LogP contribution in [0.25, 0.3) is 0 Å². The van der Waals surface area contributed by atoms with E-state index in [0.717, 1.165) is 12.0 Å². The number of amides is 2. The van der Waals surface area contributed by atoms with Crippen LogP contribution < -0.4 is 16.4 Å². The van der Waals surface area contributed by atoms with Gasteiger partial charge in [0.25, 0.3) is 5.91 Å². The lowest BCUT2D eigenvalue weighted by molar-refractivity contribution is -0.123. The Kier molecular flexibility index (Phi) is 8.17. The van der Waals surface area contributed by atoms with E-state index in [1.54, 1.807) is 18.2 Å². The molecular formula is C16H25N3O3. The van der Waals surface area contributed by atoms with E-state index in [1.807, 2.05) is 13.0 Å². The number of ether oxygens (including phenoxy) is 1. The summed E-state index contributed by atoms with van der Waals surface area (Å²) in [4.78, 5) is 23.7. The van der Waals surface area contributed by atoms with Crippen LogP contribution in [0.4, 0.5) is 0 Å². The number of hydrogen-bond acceptors (Lipinski definition) is 4. The molecule has 0 fully saturated rings. The van der Waals surface area contributed by atoms with Crippen LogP contribution in [0.5, 0.6) is 0 Å². The molecule has 0 aromatic heterocycles. The molecule has 2 amide bonds. The first-order valence-electron chi connectivity index (χ1n) is 7.47. The third-order valence-electron chi connectivity index (χ3n) is 3.22. The molecule has 0 saturated carbocycles. The smallest absolute Gasteiger partial charge is 0.251 e. The quantitative estimate of drug-likeness (QED) is 0.629. The molecule has 0 heterocycles. The van der Waals surface area contributed by atoms with Gasteiger partial charge in [-0.2, -0.15) is 0 Å². The average molecular weight is 307 g/mol. The molecule has 1 aromatic carbocycles. The van der Waals surface area contributed by atoms with Gasteiger partial charge in [-0.3, -0.25) is 9.59 Å². The monoisotopic (exact) mass is 307 g/mol. The van der Waals surface area contributed by atoms with Crippen molar-refractivity contribution in [2.45, 2.75) is 32.4 Å². The van der Waals surface area contributed by atoms with Crippen LogP contribution in [0.3, 0.4) is 0 Å². The summed E-state index contributed by atoms with van der Waals surface area (Å²) in [5, 5.41) is 5.63. The first-order chi connectivity index (χ1) is 10.6. The van der Waals surface area contributed by atoms with Crippen molar-refractivity contribution < 1.29 is 14.3 Å². The van der Waals surface area contributed by atoms with Gasteiger partial charge in [-0.1, -0.05) is 19.1 Å². The predicted molar refractivity (Wildman–Crippen MR) is 85.4 cm³/mol. The number of benzene rings is 1. The second-order valence-electron chi connectivity index (χ2n) is 5.03. The number of carbonyl (C=O) groups excluding carboxylic acids is 2. The van der Waals surface area contributed by atoms with E-state index < -0.39 is 0 Å². The summed E-state index contributed by atoms with van der Waals surface area (Å²) in [6, 6.07) is 7.21. The van der Waals surface area contributed by atoms with Crippen molar-refractivity contribution in [2.75, 3.05) is 20.2 Å². The summed E-state index contributed by atoms with van der Waals surface area (Å²) in [5.41, 5.74) is 6.95. The summed E-state index contributed by atoms with van der Waals surface area (Å²) < 4.78 is 5.07. The van der Waals surface area contributed by atoms with E-state index in [0.29, 0.717) is 25.2 Å². The van der Waals surface area contributed by atoms with E-state index in [1.165, 1.54) is 7.11 Å². The SMILES string of the molecule is CCCNC(=O)c1cccc(CNC(=O)CC(CN)OC)c1. The van der Waals surface area contributed by atoms with Gasteiger partial charge in [0, 0.05) is 32.3 Å². The van der Waals surface area contributed by atoms with Crippen molar-refractivity contribution in [1.82, 2.24) is 10.6 Å². The Morgan fingerprint density at radius 1 is 1.32 bits per heavy atom. The molecule has 4 N–H and O–H groups in total. The molecule has 122 valence electrons. The van der Waals surface area contributed by atoms with Crippen LogP contribution in [-0.2, 0) is 16.1 Å². The Labute approximate surface area is 131 Å². The normalized spacial score (nSPS) is 11.8. The van der Waals surface area contributed by atoms with Crippen LogP contribution >= 0.6 is 0 Å². The standard InChI is InChI=1S/C16H25N3O3/c1-3-7-18-16(21)13-6-4-5-12(8-13)11-19-15(20)9-14(10-17)22-2/h4-6,8,14H,3,7,9-11,17H2,1-2H3,(H,18,21)(H,19,20). The number of rotatable bonds is 9. The zero-order valence-electron chi connectivity index (χ0n) is 13.2. The molecule has 0 bridgehead atoms. The van der Waals surface area contributed by atoms with E-state index in [-0.39, 0.29) is 24.3 Å². The number of nitrogens with one attached hydrogen (secondary N) is 2. The van der Waals surface area contributed by atoms with Crippen LogP contribution in [0.1, 0.15) is 35.7 Å². The number of nitrogens with two attached hydrogens (primary N) is 1. The second-order valence-corrected chi connectivity index (χ2v) is 5.03. The molecule has 1 rings (SSSR count). The van der Waals surface area contributed by atoms with Gasteiger partial charge in [-0.15, -0.1) is 0 Å². The number of methoxy groups -OCH3 is 1. The minimum atomic E-state index is -0.272. The van der Waals surface area contributed by atoms with Gasteiger partial charge in [0.1, 0.15) is 0 Å². The average Bonchev–Trinajstić information content (AvgIpc) is 2.55. The van der Waals surface area contributed by atoms with Crippen molar-refractivity contribution in [2.24, 2.45) is 5.73 Å². The van der Waals surface area contributed by atoms with Crippen molar-refractivity contribution in [1.29, 1.82) is 0 Å². The lowest BCUT2D eigenvalue weighted by Crippen LogP contribution is -2.32. The maximum Gasteiger partial charge on any atom is 0.251 e. The maximum absolute atomic E-state index is 11.9. The Hall–Kier alpha value is -1.92. The van der Waals surface area contributed by atoms with E-state index in [4.69, 9.17) is 10.5 Å². The zero-order valence-corrected chi connectivity index (χ0v) is 13.2.